The summed E-state index contributed by atoms with van der Waals surface area (Å²) in [6.45, 7) is 4.13. The minimum Gasteiger partial charge on any atom is -0.481 e. The molecule has 0 spiro atoms. The molecule has 0 amide bonds. The van der Waals surface area contributed by atoms with Gasteiger partial charge in [-0.25, -0.2) is 4.98 Å². The van der Waals surface area contributed by atoms with E-state index in [1.54, 1.807) is 13.3 Å². The van der Waals surface area contributed by atoms with Crippen LogP contribution in [0, 0.1) is 5.41 Å². The number of carboxylic acid groups (broad SMARTS) is 1. The molecule has 1 N–H and O–H groups in total. The fraction of sp³-hybridized carbons (Fsp3) is 0.571. The van der Waals surface area contributed by atoms with E-state index < -0.39 is 11.4 Å². The molecule has 1 aliphatic heterocycles. The zero-order chi connectivity index (χ0) is 13.9. The van der Waals surface area contributed by atoms with Crippen LogP contribution < -0.4 is 4.74 Å². The second-order valence-corrected chi connectivity index (χ2v) is 5.11. The van der Waals surface area contributed by atoms with Crippen molar-refractivity contribution in [2.75, 3.05) is 20.2 Å². The smallest absolute Gasteiger partial charge is 0.310 e. The molecule has 2 rings (SSSR count). The predicted molar refractivity (Wildman–Crippen MR) is 71.0 cm³/mol. The summed E-state index contributed by atoms with van der Waals surface area (Å²) in [5.41, 5.74) is 0.512. The summed E-state index contributed by atoms with van der Waals surface area (Å²) in [5.74, 6) is -0.0797. The van der Waals surface area contributed by atoms with Gasteiger partial charge in [-0.05, 0) is 24.9 Å². The van der Waals surface area contributed by atoms with E-state index in [0.29, 0.717) is 18.8 Å². The van der Waals surface area contributed by atoms with Crippen molar-refractivity contribution in [1.29, 1.82) is 0 Å². The maximum atomic E-state index is 11.4. The van der Waals surface area contributed by atoms with Crippen LogP contribution in [-0.2, 0) is 11.3 Å². The Labute approximate surface area is 113 Å². The van der Waals surface area contributed by atoms with Gasteiger partial charge in [0.05, 0.1) is 12.5 Å². The highest BCUT2D eigenvalue weighted by Crippen LogP contribution is 2.34. The maximum absolute atomic E-state index is 11.4. The van der Waals surface area contributed by atoms with Gasteiger partial charge in [-0.2, -0.15) is 0 Å². The molecule has 2 heterocycles. The molecule has 19 heavy (non-hydrogen) atoms. The number of likely N-dealkylation sites (tertiary alicyclic amines) is 1. The first-order chi connectivity index (χ1) is 9.09. The van der Waals surface area contributed by atoms with E-state index in [0.717, 1.165) is 25.1 Å². The van der Waals surface area contributed by atoms with Crippen molar-refractivity contribution in [3.8, 4) is 5.88 Å². The number of hydrogen-bond acceptors (Lipinski definition) is 4. The molecule has 1 aromatic rings. The van der Waals surface area contributed by atoms with E-state index in [4.69, 9.17) is 4.74 Å². The fourth-order valence-electron chi connectivity index (χ4n) is 2.59. The standard InChI is InChI=1S/C14H20N2O3/c1-3-14(13(17)18)6-7-16(10-14)9-11-4-5-12(19-2)15-8-11/h4-5,8H,3,6-7,9-10H2,1-2H3,(H,17,18). The summed E-state index contributed by atoms with van der Waals surface area (Å²) in [6, 6.07) is 3.80. The first-order valence-electron chi connectivity index (χ1n) is 6.54. The zero-order valence-corrected chi connectivity index (χ0v) is 11.4. The van der Waals surface area contributed by atoms with Gasteiger partial charge in [-0.15, -0.1) is 0 Å². The lowest BCUT2D eigenvalue weighted by molar-refractivity contribution is -0.148. The van der Waals surface area contributed by atoms with Crippen molar-refractivity contribution in [3.63, 3.8) is 0 Å². The number of pyridine rings is 1. The van der Waals surface area contributed by atoms with E-state index in [2.05, 4.69) is 9.88 Å². The van der Waals surface area contributed by atoms with Gasteiger partial charge < -0.3 is 9.84 Å². The Balaban J connectivity index is 1.99. The van der Waals surface area contributed by atoms with Gasteiger partial charge in [0.15, 0.2) is 0 Å². The van der Waals surface area contributed by atoms with Crippen molar-refractivity contribution >= 4 is 5.97 Å². The van der Waals surface area contributed by atoms with E-state index >= 15 is 0 Å². The molecule has 5 heteroatoms. The topological polar surface area (TPSA) is 62.7 Å². The first-order valence-corrected chi connectivity index (χ1v) is 6.54. The number of nitrogens with zero attached hydrogens (tertiary/aromatic N) is 2. The molecule has 1 fully saturated rings. The predicted octanol–water partition coefficient (Wildman–Crippen LogP) is 1.78. The summed E-state index contributed by atoms with van der Waals surface area (Å²) in [6.07, 6.45) is 3.19. The number of aromatic nitrogens is 1. The van der Waals surface area contributed by atoms with Gasteiger partial charge >= 0.3 is 5.97 Å². The molecule has 0 bridgehead atoms. The third-order valence-electron chi connectivity index (χ3n) is 3.98. The van der Waals surface area contributed by atoms with Crippen molar-refractivity contribution in [2.45, 2.75) is 26.3 Å². The van der Waals surface area contributed by atoms with E-state index in [9.17, 15) is 9.90 Å². The van der Waals surface area contributed by atoms with Crippen LogP contribution in [0.25, 0.3) is 0 Å². The minimum atomic E-state index is -0.676. The highest BCUT2D eigenvalue weighted by molar-refractivity contribution is 5.75. The fourth-order valence-corrected chi connectivity index (χ4v) is 2.59. The second-order valence-electron chi connectivity index (χ2n) is 5.11. The Kier molecular flexibility index (Phi) is 4.04. The van der Waals surface area contributed by atoms with Crippen LogP contribution in [0.1, 0.15) is 25.3 Å². The average Bonchev–Trinajstić information content (AvgIpc) is 2.84. The van der Waals surface area contributed by atoms with Gasteiger partial charge in [-0.1, -0.05) is 13.0 Å². The lowest BCUT2D eigenvalue weighted by atomic mass is 9.84. The Bertz CT molecular complexity index is 447. The molecule has 1 aromatic heterocycles. The number of methoxy groups -OCH3 is 1. The van der Waals surface area contributed by atoms with Crippen molar-refractivity contribution in [3.05, 3.63) is 23.9 Å². The molecular formula is C14H20N2O3. The van der Waals surface area contributed by atoms with Gasteiger partial charge in [0.25, 0.3) is 0 Å². The zero-order valence-electron chi connectivity index (χ0n) is 11.4. The lowest BCUT2D eigenvalue weighted by Gasteiger charge is -2.23. The van der Waals surface area contributed by atoms with Crippen molar-refractivity contribution in [1.82, 2.24) is 9.88 Å². The summed E-state index contributed by atoms with van der Waals surface area (Å²) >= 11 is 0. The SMILES string of the molecule is CCC1(C(=O)O)CCN(Cc2ccc(OC)nc2)C1. The molecule has 1 aliphatic rings. The van der Waals surface area contributed by atoms with Gasteiger partial charge in [0.1, 0.15) is 0 Å². The van der Waals surface area contributed by atoms with Gasteiger partial charge in [0, 0.05) is 25.4 Å². The largest absolute Gasteiger partial charge is 0.481 e. The highest BCUT2D eigenvalue weighted by atomic mass is 16.5. The van der Waals surface area contributed by atoms with Crippen molar-refractivity contribution in [2.24, 2.45) is 5.41 Å². The molecule has 0 radical (unpaired) electrons. The van der Waals surface area contributed by atoms with Gasteiger partial charge in [0.2, 0.25) is 5.88 Å². The third kappa shape index (κ3) is 2.87. The highest BCUT2D eigenvalue weighted by Gasteiger charge is 2.42. The number of carbonyl (C=O) groups is 1. The number of rotatable bonds is 5. The summed E-state index contributed by atoms with van der Waals surface area (Å²) < 4.78 is 5.02. The monoisotopic (exact) mass is 264 g/mol. The van der Waals surface area contributed by atoms with Gasteiger partial charge in [-0.3, -0.25) is 9.69 Å². The molecule has 1 unspecified atom stereocenters. The average molecular weight is 264 g/mol. The molecule has 5 nitrogen and oxygen atoms in total. The Morgan fingerprint density at radius 2 is 2.37 bits per heavy atom. The van der Waals surface area contributed by atoms with Crippen LogP contribution in [0.4, 0.5) is 0 Å². The van der Waals surface area contributed by atoms with E-state index in [1.807, 2.05) is 19.1 Å². The maximum Gasteiger partial charge on any atom is 0.310 e. The molecule has 0 aromatic carbocycles. The molecule has 1 saturated heterocycles. The van der Waals surface area contributed by atoms with Crippen LogP contribution in [0.2, 0.25) is 0 Å². The molecule has 0 aliphatic carbocycles. The number of ether oxygens (including phenoxy) is 1. The van der Waals surface area contributed by atoms with Crippen LogP contribution in [0.3, 0.4) is 0 Å². The van der Waals surface area contributed by atoms with Crippen LogP contribution in [-0.4, -0.2) is 41.2 Å². The lowest BCUT2D eigenvalue weighted by Crippen LogP contribution is -2.33. The van der Waals surface area contributed by atoms with Crippen LogP contribution in [0.15, 0.2) is 18.3 Å². The number of carboxylic acids is 1. The Morgan fingerprint density at radius 3 is 2.84 bits per heavy atom. The normalized spacial score (nSPS) is 23.5. The minimum absolute atomic E-state index is 0.570. The second kappa shape index (κ2) is 5.57. The van der Waals surface area contributed by atoms with Crippen molar-refractivity contribution < 1.29 is 14.6 Å². The number of aliphatic carboxylic acids is 1. The molecular weight excluding hydrogens is 244 g/mol. The Hall–Kier alpha value is -1.62. The number of hydrogen-bond donors (Lipinski definition) is 1. The van der Waals surface area contributed by atoms with E-state index in [1.165, 1.54) is 0 Å². The quantitative estimate of drug-likeness (QED) is 0.878. The van der Waals surface area contributed by atoms with E-state index in [-0.39, 0.29) is 0 Å². The Morgan fingerprint density at radius 1 is 1.58 bits per heavy atom. The molecule has 104 valence electrons. The summed E-state index contributed by atoms with van der Waals surface area (Å²) in [7, 11) is 1.59. The molecule has 1 atom stereocenters. The molecule has 0 saturated carbocycles. The van der Waals surface area contributed by atoms with Crippen LogP contribution >= 0.6 is 0 Å². The summed E-state index contributed by atoms with van der Waals surface area (Å²) in [4.78, 5) is 17.7. The third-order valence-corrected chi connectivity index (χ3v) is 3.98. The first kappa shape index (κ1) is 13.8. The van der Waals surface area contributed by atoms with Crippen LogP contribution in [0.5, 0.6) is 5.88 Å². The summed E-state index contributed by atoms with van der Waals surface area (Å²) in [5, 5.41) is 9.36.